The monoisotopic (exact) mass is 265 g/mol. The highest BCUT2D eigenvalue weighted by molar-refractivity contribution is 7.99. The van der Waals surface area contributed by atoms with Crippen LogP contribution in [-0.4, -0.2) is 18.1 Å². The fourth-order valence-corrected chi connectivity index (χ4v) is 3.13. The van der Waals surface area contributed by atoms with Crippen molar-refractivity contribution in [1.82, 2.24) is 5.32 Å². The summed E-state index contributed by atoms with van der Waals surface area (Å²) in [5.74, 6) is 2.44. The zero-order valence-corrected chi connectivity index (χ0v) is 13.1. The minimum absolute atomic E-state index is 0.502. The molecule has 0 radical (unpaired) electrons. The van der Waals surface area contributed by atoms with Gasteiger partial charge in [-0.15, -0.1) is 0 Å². The van der Waals surface area contributed by atoms with Crippen molar-refractivity contribution >= 4 is 11.8 Å². The Bertz CT molecular complexity index is 349. The molecule has 0 saturated carbocycles. The van der Waals surface area contributed by atoms with E-state index in [1.54, 1.807) is 0 Å². The summed E-state index contributed by atoms with van der Waals surface area (Å²) in [4.78, 5) is 0. The van der Waals surface area contributed by atoms with Crippen LogP contribution in [0.4, 0.5) is 0 Å². The van der Waals surface area contributed by atoms with Gasteiger partial charge in [0.1, 0.15) is 0 Å². The van der Waals surface area contributed by atoms with Gasteiger partial charge in [0.05, 0.1) is 0 Å². The zero-order valence-electron chi connectivity index (χ0n) is 12.3. The smallest absolute Gasteiger partial charge is 0.0414 e. The van der Waals surface area contributed by atoms with E-state index in [0.717, 1.165) is 6.54 Å². The largest absolute Gasteiger partial charge is 0.309 e. The highest BCUT2D eigenvalue weighted by Gasteiger charge is 2.12. The number of rotatable bonds is 8. The average Bonchev–Trinajstić information content (AvgIpc) is 2.34. The second-order valence-electron chi connectivity index (χ2n) is 4.94. The van der Waals surface area contributed by atoms with Gasteiger partial charge in [0.25, 0.3) is 0 Å². The van der Waals surface area contributed by atoms with Crippen LogP contribution in [0.15, 0.2) is 18.2 Å². The molecule has 102 valence electrons. The molecule has 1 rings (SSSR count). The highest BCUT2D eigenvalue weighted by atomic mass is 32.2. The van der Waals surface area contributed by atoms with Crippen molar-refractivity contribution in [3.8, 4) is 0 Å². The lowest BCUT2D eigenvalue weighted by molar-refractivity contribution is 0.575. The molecule has 1 unspecified atom stereocenters. The fourth-order valence-electron chi connectivity index (χ4n) is 2.14. The lowest BCUT2D eigenvalue weighted by Crippen LogP contribution is -2.25. The summed E-state index contributed by atoms with van der Waals surface area (Å²) < 4.78 is 0. The molecule has 0 aliphatic carbocycles. The van der Waals surface area contributed by atoms with Gasteiger partial charge in [-0.2, -0.15) is 11.8 Å². The summed E-state index contributed by atoms with van der Waals surface area (Å²) in [7, 11) is 0. The molecule has 18 heavy (non-hydrogen) atoms. The predicted molar refractivity (Wildman–Crippen MR) is 84.6 cm³/mol. The van der Waals surface area contributed by atoms with Crippen LogP contribution < -0.4 is 5.32 Å². The van der Waals surface area contributed by atoms with Gasteiger partial charge in [0, 0.05) is 11.8 Å². The molecule has 0 aromatic heterocycles. The van der Waals surface area contributed by atoms with Crippen LogP contribution in [0.1, 0.15) is 49.4 Å². The third kappa shape index (κ3) is 5.03. The summed E-state index contributed by atoms with van der Waals surface area (Å²) in [6.07, 6.45) is 2.46. The van der Waals surface area contributed by atoms with Gasteiger partial charge in [-0.1, -0.05) is 37.6 Å². The van der Waals surface area contributed by atoms with E-state index < -0.39 is 0 Å². The molecule has 2 heteroatoms. The van der Waals surface area contributed by atoms with Gasteiger partial charge < -0.3 is 5.32 Å². The molecule has 1 aromatic rings. The SMILES string of the molecule is CCCNC(CSCCC)c1ccc(C)cc1C. The van der Waals surface area contributed by atoms with Crippen molar-refractivity contribution in [1.29, 1.82) is 0 Å². The summed E-state index contributed by atoms with van der Waals surface area (Å²) in [5.41, 5.74) is 4.24. The van der Waals surface area contributed by atoms with Crippen molar-refractivity contribution in [2.24, 2.45) is 0 Å². The predicted octanol–water partition coefficient (Wildman–Crippen LogP) is 4.49. The van der Waals surface area contributed by atoms with Crippen molar-refractivity contribution in [2.45, 2.75) is 46.6 Å². The molecule has 0 spiro atoms. The maximum atomic E-state index is 3.68. The molecule has 0 amide bonds. The Morgan fingerprint density at radius 1 is 1.17 bits per heavy atom. The first-order valence-electron chi connectivity index (χ1n) is 7.07. The van der Waals surface area contributed by atoms with Gasteiger partial charge in [-0.3, -0.25) is 0 Å². The van der Waals surface area contributed by atoms with Crippen molar-refractivity contribution in [3.05, 3.63) is 34.9 Å². The molecule has 0 saturated heterocycles. The molecular formula is C16H27NS. The Morgan fingerprint density at radius 2 is 1.94 bits per heavy atom. The first-order valence-corrected chi connectivity index (χ1v) is 8.22. The van der Waals surface area contributed by atoms with E-state index in [-0.39, 0.29) is 0 Å². The third-order valence-corrected chi connectivity index (χ3v) is 4.34. The van der Waals surface area contributed by atoms with Gasteiger partial charge in [0.15, 0.2) is 0 Å². The first-order chi connectivity index (χ1) is 8.69. The summed E-state index contributed by atoms with van der Waals surface area (Å²) in [6.45, 7) is 9.97. The number of hydrogen-bond donors (Lipinski definition) is 1. The lowest BCUT2D eigenvalue weighted by Gasteiger charge is -2.21. The number of thioether (sulfide) groups is 1. The maximum absolute atomic E-state index is 3.68. The van der Waals surface area contributed by atoms with E-state index in [9.17, 15) is 0 Å². The molecule has 0 bridgehead atoms. The summed E-state index contributed by atoms with van der Waals surface area (Å²) >= 11 is 2.06. The van der Waals surface area contributed by atoms with Crippen molar-refractivity contribution in [2.75, 3.05) is 18.1 Å². The van der Waals surface area contributed by atoms with Gasteiger partial charge in [0.2, 0.25) is 0 Å². The molecule has 1 N–H and O–H groups in total. The van der Waals surface area contributed by atoms with Crippen LogP contribution in [0.5, 0.6) is 0 Å². The summed E-state index contributed by atoms with van der Waals surface area (Å²) in [5, 5.41) is 3.68. The van der Waals surface area contributed by atoms with E-state index in [1.807, 2.05) is 0 Å². The molecule has 1 nitrogen and oxygen atoms in total. The van der Waals surface area contributed by atoms with Crippen LogP contribution in [0.3, 0.4) is 0 Å². The highest BCUT2D eigenvalue weighted by Crippen LogP contribution is 2.23. The van der Waals surface area contributed by atoms with Gasteiger partial charge in [-0.05, 0) is 50.1 Å². The van der Waals surface area contributed by atoms with E-state index in [2.05, 4.69) is 63.0 Å². The molecule has 0 fully saturated rings. The van der Waals surface area contributed by atoms with E-state index >= 15 is 0 Å². The Kier molecular flexibility index (Phi) is 7.45. The average molecular weight is 265 g/mol. The quantitative estimate of drug-likeness (QED) is 0.695. The Morgan fingerprint density at radius 3 is 2.56 bits per heavy atom. The Labute approximate surface area is 117 Å². The van der Waals surface area contributed by atoms with Gasteiger partial charge >= 0.3 is 0 Å². The topological polar surface area (TPSA) is 12.0 Å². The molecular weight excluding hydrogens is 238 g/mol. The maximum Gasteiger partial charge on any atom is 0.0414 e. The van der Waals surface area contributed by atoms with Crippen LogP contribution in [0.25, 0.3) is 0 Å². The number of nitrogens with one attached hydrogen (secondary N) is 1. The molecule has 0 aliphatic heterocycles. The molecule has 0 aliphatic rings. The van der Waals surface area contributed by atoms with Crippen LogP contribution >= 0.6 is 11.8 Å². The molecule has 1 aromatic carbocycles. The van der Waals surface area contributed by atoms with Crippen molar-refractivity contribution < 1.29 is 0 Å². The van der Waals surface area contributed by atoms with Crippen molar-refractivity contribution in [3.63, 3.8) is 0 Å². The molecule has 1 atom stereocenters. The minimum Gasteiger partial charge on any atom is -0.309 e. The number of aryl methyl sites for hydroxylation is 2. The van der Waals surface area contributed by atoms with E-state index in [4.69, 9.17) is 0 Å². The summed E-state index contributed by atoms with van der Waals surface area (Å²) in [6, 6.07) is 7.32. The number of hydrogen-bond acceptors (Lipinski definition) is 2. The Balaban J connectivity index is 2.73. The standard InChI is InChI=1S/C16H27NS/c1-5-9-17-16(12-18-10-6-2)15-8-7-13(3)11-14(15)4/h7-8,11,16-17H,5-6,9-10,12H2,1-4H3. The molecule has 0 heterocycles. The zero-order chi connectivity index (χ0) is 13.4. The van der Waals surface area contributed by atoms with E-state index in [1.165, 1.54) is 41.0 Å². The van der Waals surface area contributed by atoms with Crippen LogP contribution in [0, 0.1) is 13.8 Å². The minimum atomic E-state index is 0.502. The fraction of sp³-hybridized carbons (Fsp3) is 0.625. The van der Waals surface area contributed by atoms with Gasteiger partial charge in [-0.25, -0.2) is 0 Å². The first kappa shape index (κ1) is 15.6. The van der Waals surface area contributed by atoms with Crippen LogP contribution in [-0.2, 0) is 0 Å². The normalized spacial score (nSPS) is 12.7. The number of benzene rings is 1. The Hall–Kier alpha value is -0.470. The third-order valence-electron chi connectivity index (χ3n) is 3.07. The van der Waals surface area contributed by atoms with Crippen LogP contribution in [0.2, 0.25) is 0 Å². The van der Waals surface area contributed by atoms with E-state index in [0.29, 0.717) is 6.04 Å². The lowest BCUT2D eigenvalue weighted by atomic mass is 10.00. The second kappa shape index (κ2) is 8.60. The second-order valence-corrected chi connectivity index (χ2v) is 6.09.